The van der Waals surface area contributed by atoms with Crippen molar-refractivity contribution in [1.29, 1.82) is 0 Å². The molecule has 0 heterocycles. The second kappa shape index (κ2) is 5.99. The van der Waals surface area contributed by atoms with Crippen molar-refractivity contribution >= 4 is 8.80 Å². The van der Waals surface area contributed by atoms with Gasteiger partial charge in [-0.25, -0.2) is 0 Å². The predicted octanol–water partition coefficient (Wildman–Crippen LogP) is 2.29. The molecule has 2 atom stereocenters. The van der Waals surface area contributed by atoms with Gasteiger partial charge in [-0.15, -0.1) is 0 Å². The minimum Gasteiger partial charge on any atom is -0.331 e. The molecule has 1 rings (SSSR count). The summed E-state index contributed by atoms with van der Waals surface area (Å²) < 4.78 is 0. The monoisotopic (exact) mass is 207 g/mol. The van der Waals surface area contributed by atoms with Crippen molar-refractivity contribution in [3.05, 3.63) is 35.9 Å². The lowest BCUT2D eigenvalue weighted by atomic mass is 10.2. The molecule has 1 aromatic carbocycles. The van der Waals surface area contributed by atoms with E-state index >= 15 is 0 Å². The van der Waals surface area contributed by atoms with Gasteiger partial charge in [0.2, 0.25) is 0 Å². The van der Waals surface area contributed by atoms with Crippen LogP contribution >= 0.6 is 0 Å². The highest BCUT2D eigenvalue weighted by Crippen LogP contribution is 2.09. The van der Waals surface area contributed by atoms with Gasteiger partial charge in [-0.2, -0.15) is 0 Å². The van der Waals surface area contributed by atoms with Crippen molar-refractivity contribution in [2.75, 3.05) is 0 Å². The van der Waals surface area contributed by atoms with Crippen LogP contribution < -0.4 is 5.73 Å². The first kappa shape index (κ1) is 11.5. The Bertz CT molecular complexity index is 246. The van der Waals surface area contributed by atoms with Gasteiger partial charge in [0.15, 0.2) is 0 Å². The Morgan fingerprint density at radius 1 is 1.29 bits per heavy atom. The summed E-state index contributed by atoms with van der Waals surface area (Å²) in [5.41, 5.74) is 7.94. The molecular formula is C12H21NSi. The Kier molecular flexibility index (Phi) is 4.91. The zero-order valence-electron chi connectivity index (χ0n) is 9.24. The molecule has 0 aliphatic rings. The first-order chi connectivity index (χ1) is 6.74. The molecule has 0 saturated carbocycles. The number of hydrogen-bond donors (Lipinski definition) is 1. The average Bonchev–Trinajstić information content (AvgIpc) is 2.18. The van der Waals surface area contributed by atoms with Crippen molar-refractivity contribution in [2.45, 2.75) is 38.0 Å². The van der Waals surface area contributed by atoms with Crippen molar-refractivity contribution in [2.24, 2.45) is 5.73 Å². The lowest BCUT2D eigenvalue weighted by Crippen LogP contribution is -2.37. The third-order valence-corrected chi connectivity index (χ3v) is 6.55. The molecule has 2 N–H and O–H groups in total. The summed E-state index contributed by atoms with van der Waals surface area (Å²) in [5, 5.41) is 0. The van der Waals surface area contributed by atoms with Crippen LogP contribution in [0.1, 0.15) is 25.8 Å². The van der Waals surface area contributed by atoms with E-state index in [1.54, 1.807) is 0 Å². The smallest absolute Gasteiger partial charge is 0.0602 e. The molecule has 0 radical (unpaired) electrons. The topological polar surface area (TPSA) is 26.0 Å². The fourth-order valence-electron chi connectivity index (χ4n) is 1.84. The van der Waals surface area contributed by atoms with Crippen LogP contribution in [0.2, 0.25) is 6.04 Å². The van der Waals surface area contributed by atoms with Crippen LogP contribution in [0.15, 0.2) is 30.3 Å². The summed E-state index contributed by atoms with van der Waals surface area (Å²) >= 11 is 0. The maximum atomic E-state index is 6.03. The Balaban J connectivity index is 2.55. The van der Waals surface area contributed by atoms with Gasteiger partial charge >= 0.3 is 0 Å². The maximum Gasteiger partial charge on any atom is 0.0602 e. The number of benzene rings is 1. The van der Waals surface area contributed by atoms with E-state index in [2.05, 4.69) is 44.2 Å². The van der Waals surface area contributed by atoms with Crippen molar-refractivity contribution in [3.8, 4) is 0 Å². The standard InChI is InChI=1S/C12H21NSi/c1-3-9-14(11(2)13)10-12-7-5-4-6-8-12/h4-8,11,14H,3,9-10,13H2,1-2H3. The molecule has 0 aliphatic carbocycles. The highest BCUT2D eigenvalue weighted by atomic mass is 28.3. The Labute approximate surface area is 88.9 Å². The molecule has 2 unspecified atom stereocenters. The lowest BCUT2D eigenvalue weighted by Gasteiger charge is -2.18. The summed E-state index contributed by atoms with van der Waals surface area (Å²) in [4.78, 5) is 0. The van der Waals surface area contributed by atoms with Crippen LogP contribution in [-0.2, 0) is 6.04 Å². The first-order valence-corrected chi connectivity index (χ1v) is 7.83. The van der Waals surface area contributed by atoms with E-state index < -0.39 is 8.80 Å². The Morgan fingerprint density at radius 3 is 2.43 bits per heavy atom. The average molecular weight is 207 g/mol. The van der Waals surface area contributed by atoms with Crippen molar-refractivity contribution < 1.29 is 0 Å². The molecule has 0 bridgehead atoms. The van der Waals surface area contributed by atoms with Crippen LogP contribution in [0, 0.1) is 0 Å². The zero-order chi connectivity index (χ0) is 10.4. The molecule has 0 amide bonds. The third kappa shape index (κ3) is 3.64. The van der Waals surface area contributed by atoms with E-state index in [1.165, 1.54) is 24.1 Å². The van der Waals surface area contributed by atoms with E-state index in [-0.39, 0.29) is 0 Å². The summed E-state index contributed by atoms with van der Waals surface area (Å²) in [5.74, 6) is 0. The summed E-state index contributed by atoms with van der Waals surface area (Å²) in [6.45, 7) is 4.43. The van der Waals surface area contributed by atoms with Crippen LogP contribution in [0.4, 0.5) is 0 Å². The fourth-order valence-corrected chi connectivity index (χ4v) is 4.56. The van der Waals surface area contributed by atoms with Gasteiger partial charge in [0, 0.05) is 0 Å². The van der Waals surface area contributed by atoms with Crippen LogP contribution in [-0.4, -0.2) is 14.5 Å². The molecule has 2 heteroatoms. The maximum absolute atomic E-state index is 6.03. The minimum absolute atomic E-state index is 0.440. The summed E-state index contributed by atoms with van der Waals surface area (Å²) in [7, 11) is -0.756. The first-order valence-electron chi connectivity index (χ1n) is 5.53. The van der Waals surface area contributed by atoms with E-state index in [9.17, 15) is 0 Å². The van der Waals surface area contributed by atoms with E-state index in [4.69, 9.17) is 5.73 Å². The molecule has 0 aromatic heterocycles. The van der Waals surface area contributed by atoms with Crippen LogP contribution in [0.5, 0.6) is 0 Å². The van der Waals surface area contributed by atoms with Crippen LogP contribution in [0.3, 0.4) is 0 Å². The van der Waals surface area contributed by atoms with Gasteiger partial charge in [-0.1, -0.05) is 62.2 Å². The van der Waals surface area contributed by atoms with Gasteiger partial charge in [0.1, 0.15) is 0 Å². The quantitative estimate of drug-likeness (QED) is 0.737. The molecule has 14 heavy (non-hydrogen) atoms. The molecule has 0 fully saturated rings. The van der Waals surface area contributed by atoms with E-state index in [0.29, 0.717) is 5.67 Å². The highest BCUT2D eigenvalue weighted by molar-refractivity contribution is 6.59. The van der Waals surface area contributed by atoms with Gasteiger partial charge < -0.3 is 5.73 Å². The minimum atomic E-state index is -0.756. The number of hydrogen-bond acceptors (Lipinski definition) is 1. The van der Waals surface area contributed by atoms with Gasteiger partial charge in [0.25, 0.3) is 0 Å². The van der Waals surface area contributed by atoms with Crippen molar-refractivity contribution in [3.63, 3.8) is 0 Å². The lowest BCUT2D eigenvalue weighted by molar-refractivity contribution is 0.932. The molecule has 1 aromatic rings. The highest BCUT2D eigenvalue weighted by Gasteiger charge is 2.14. The number of nitrogens with two attached hydrogens (primary N) is 1. The zero-order valence-corrected chi connectivity index (χ0v) is 10.4. The fraction of sp³-hybridized carbons (Fsp3) is 0.500. The molecule has 0 aliphatic heterocycles. The third-order valence-electron chi connectivity index (χ3n) is 2.74. The van der Waals surface area contributed by atoms with Gasteiger partial charge in [-0.05, 0) is 11.7 Å². The second-order valence-electron chi connectivity index (χ2n) is 4.10. The normalized spacial score (nSPS) is 15.1. The van der Waals surface area contributed by atoms with E-state index in [1.807, 2.05) is 0 Å². The van der Waals surface area contributed by atoms with Gasteiger partial charge in [-0.3, -0.25) is 0 Å². The predicted molar refractivity (Wildman–Crippen MR) is 66.0 cm³/mol. The Morgan fingerprint density at radius 2 is 1.93 bits per heavy atom. The second-order valence-corrected chi connectivity index (χ2v) is 7.65. The molecule has 0 spiro atoms. The molecule has 1 nitrogen and oxygen atoms in total. The molecular weight excluding hydrogens is 186 g/mol. The Hall–Kier alpha value is -0.603. The molecule has 0 saturated heterocycles. The number of rotatable bonds is 5. The summed E-state index contributed by atoms with van der Waals surface area (Å²) in [6.07, 6.45) is 1.28. The largest absolute Gasteiger partial charge is 0.331 e. The van der Waals surface area contributed by atoms with Crippen molar-refractivity contribution in [1.82, 2.24) is 0 Å². The van der Waals surface area contributed by atoms with Gasteiger partial charge in [0.05, 0.1) is 8.80 Å². The SMILES string of the molecule is CCC[SiH](Cc1ccccc1)C(C)N. The molecule has 78 valence electrons. The van der Waals surface area contributed by atoms with Crippen LogP contribution in [0.25, 0.3) is 0 Å². The van der Waals surface area contributed by atoms with E-state index in [0.717, 1.165) is 0 Å². The summed E-state index contributed by atoms with van der Waals surface area (Å²) in [6, 6.07) is 13.4.